The minimum atomic E-state index is -3.83. The summed E-state index contributed by atoms with van der Waals surface area (Å²) in [5, 5.41) is 14.2. The lowest BCUT2D eigenvalue weighted by molar-refractivity contribution is -0.124. The van der Waals surface area contributed by atoms with E-state index in [1.165, 1.54) is 41.9 Å². The van der Waals surface area contributed by atoms with Crippen LogP contribution < -0.4 is 10.2 Å². The second-order valence-corrected chi connectivity index (χ2v) is 9.70. The molecular weight excluding hydrogens is 498 g/mol. The van der Waals surface area contributed by atoms with Gasteiger partial charge in [0.2, 0.25) is 10.0 Å². The molecule has 0 radical (unpaired) electrons. The highest BCUT2D eigenvalue weighted by Gasteiger charge is 2.39. The van der Waals surface area contributed by atoms with Crippen LogP contribution in [0.25, 0.3) is 0 Å². The number of halogens is 2. The molecule has 2 aromatic rings. The topological polar surface area (TPSA) is 108 Å². The highest BCUT2D eigenvalue weighted by molar-refractivity contribution is 9.10. The first kappa shape index (κ1) is 22.5. The molecule has 1 heterocycles. The molecule has 0 aliphatic carbocycles. The minimum Gasteiger partial charge on any atom is -0.503 e. The molecule has 1 fully saturated rings. The van der Waals surface area contributed by atoms with E-state index in [1.807, 2.05) is 0 Å². The minimum absolute atomic E-state index is 0.0484. The zero-order valence-electron chi connectivity index (χ0n) is 15.9. The Morgan fingerprint density at radius 1 is 1.37 bits per heavy atom. The van der Waals surface area contributed by atoms with E-state index in [9.17, 15) is 18.3 Å². The molecule has 1 atom stereocenters. The van der Waals surface area contributed by atoms with Crippen LogP contribution in [0.4, 0.5) is 0 Å². The number of aromatic hydroxyl groups is 1. The quantitative estimate of drug-likeness (QED) is 0.453. The fraction of sp³-hybridized carbons (Fsp3) is 0.263. The molecule has 1 amide bonds. The summed E-state index contributed by atoms with van der Waals surface area (Å²) in [5.74, 6) is -0.327. The second kappa shape index (κ2) is 9.34. The molecule has 0 aromatic heterocycles. The number of rotatable bonds is 6. The van der Waals surface area contributed by atoms with Crippen LogP contribution in [0.5, 0.6) is 11.5 Å². The molecule has 1 saturated heterocycles. The van der Waals surface area contributed by atoms with Gasteiger partial charge in [0, 0.05) is 11.6 Å². The molecular formula is C19H19BrClN3O5S. The van der Waals surface area contributed by atoms with Gasteiger partial charge in [0.25, 0.3) is 5.91 Å². The number of phenols is 1. The van der Waals surface area contributed by atoms with E-state index in [0.29, 0.717) is 27.9 Å². The van der Waals surface area contributed by atoms with Gasteiger partial charge >= 0.3 is 0 Å². The maximum absolute atomic E-state index is 12.9. The van der Waals surface area contributed by atoms with Gasteiger partial charge in [0.1, 0.15) is 6.04 Å². The zero-order chi connectivity index (χ0) is 21.9. The van der Waals surface area contributed by atoms with Gasteiger partial charge in [-0.25, -0.2) is 13.8 Å². The highest BCUT2D eigenvalue weighted by Crippen LogP contribution is 2.34. The van der Waals surface area contributed by atoms with Gasteiger partial charge in [0.15, 0.2) is 11.5 Å². The van der Waals surface area contributed by atoms with Crippen LogP contribution in [0.15, 0.2) is 50.9 Å². The number of hydrazone groups is 1. The van der Waals surface area contributed by atoms with Crippen molar-refractivity contribution < 1.29 is 23.1 Å². The molecule has 0 bridgehead atoms. The van der Waals surface area contributed by atoms with Crippen molar-refractivity contribution in [1.82, 2.24) is 9.73 Å². The molecule has 160 valence electrons. The maximum Gasteiger partial charge on any atom is 0.258 e. The van der Waals surface area contributed by atoms with Gasteiger partial charge in [-0.15, -0.1) is 0 Å². The Morgan fingerprint density at radius 2 is 2.07 bits per heavy atom. The predicted octanol–water partition coefficient (Wildman–Crippen LogP) is 3.12. The van der Waals surface area contributed by atoms with Crippen LogP contribution in [-0.2, 0) is 14.8 Å². The standard InChI is InChI=1S/C19H19BrClN3O5S/c1-29-17-10-12(9-15(20)18(17)25)11-22-23-19(26)16-3-2-8-24(16)30(27,28)14-6-4-13(21)5-7-14/h4-7,9-11,16,25H,2-3,8H2,1H3,(H,23,26)/t16-/m0/s1. The summed E-state index contributed by atoms with van der Waals surface area (Å²) in [5.41, 5.74) is 2.96. The smallest absolute Gasteiger partial charge is 0.258 e. The average molecular weight is 517 g/mol. The number of hydrogen-bond acceptors (Lipinski definition) is 6. The van der Waals surface area contributed by atoms with Crippen LogP contribution in [0.2, 0.25) is 5.02 Å². The van der Waals surface area contributed by atoms with Crippen molar-refractivity contribution in [3.63, 3.8) is 0 Å². The first-order valence-corrected chi connectivity index (χ1v) is 11.5. The van der Waals surface area contributed by atoms with Gasteiger partial charge in [-0.1, -0.05) is 11.6 Å². The summed E-state index contributed by atoms with van der Waals surface area (Å²) in [6.45, 7) is 0.245. The van der Waals surface area contributed by atoms with Gasteiger partial charge in [-0.3, -0.25) is 4.79 Å². The van der Waals surface area contributed by atoms with Crippen molar-refractivity contribution in [1.29, 1.82) is 0 Å². The number of nitrogens with one attached hydrogen (secondary N) is 1. The van der Waals surface area contributed by atoms with Crippen molar-refractivity contribution in [3.05, 3.63) is 51.5 Å². The second-order valence-electron chi connectivity index (χ2n) is 6.52. The number of sulfonamides is 1. The summed E-state index contributed by atoms with van der Waals surface area (Å²) < 4.78 is 32.5. The van der Waals surface area contributed by atoms with Crippen LogP contribution in [0, 0.1) is 0 Å². The van der Waals surface area contributed by atoms with Crippen molar-refractivity contribution in [2.24, 2.45) is 5.10 Å². The van der Waals surface area contributed by atoms with E-state index in [4.69, 9.17) is 16.3 Å². The molecule has 0 spiro atoms. The number of benzene rings is 2. The van der Waals surface area contributed by atoms with E-state index >= 15 is 0 Å². The fourth-order valence-electron chi connectivity index (χ4n) is 3.10. The first-order chi connectivity index (χ1) is 14.2. The van der Waals surface area contributed by atoms with Crippen molar-refractivity contribution in [3.8, 4) is 11.5 Å². The van der Waals surface area contributed by atoms with Crippen LogP contribution in [0.1, 0.15) is 18.4 Å². The summed E-state index contributed by atoms with van der Waals surface area (Å²) in [6.07, 6.45) is 2.33. The molecule has 3 rings (SSSR count). The fourth-order valence-corrected chi connectivity index (χ4v) is 5.34. The number of nitrogens with zero attached hydrogens (tertiary/aromatic N) is 2. The molecule has 0 saturated carbocycles. The number of amides is 1. The maximum atomic E-state index is 12.9. The summed E-state index contributed by atoms with van der Waals surface area (Å²) in [7, 11) is -2.42. The largest absolute Gasteiger partial charge is 0.503 e. The molecule has 11 heteroatoms. The normalized spacial score (nSPS) is 17.4. The molecule has 30 heavy (non-hydrogen) atoms. The lowest BCUT2D eigenvalue weighted by Gasteiger charge is -2.22. The molecule has 1 aliphatic rings. The molecule has 2 aromatic carbocycles. The Morgan fingerprint density at radius 3 is 2.73 bits per heavy atom. The average Bonchev–Trinajstić information content (AvgIpc) is 3.21. The lowest BCUT2D eigenvalue weighted by Crippen LogP contribution is -2.44. The highest BCUT2D eigenvalue weighted by atomic mass is 79.9. The third-order valence-corrected chi connectivity index (χ3v) is 7.36. The summed E-state index contributed by atoms with van der Waals surface area (Å²) in [4.78, 5) is 12.7. The summed E-state index contributed by atoms with van der Waals surface area (Å²) >= 11 is 9.04. The Kier molecular flexibility index (Phi) is 7.02. The van der Waals surface area contributed by atoms with E-state index in [0.717, 1.165) is 0 Å². The Balaban J connectivity index is 1.73. The Labute approximate surface area is 187 Å². The van der Waals surface area contributed by atoms with Crippen LogP contribution >= 0.6 is 27.5 Å². The van der Waals surface area contributed by atoms with Crippen molar-refractivity contribution in [2.75, 3.05) is 13.7 Å². The van der Waals surface area contributed by atoms with Crippen LogP contribution in [-0.4, -0.2) is 49.6 Å². The number of ether oxygens (including phenoxy) is 1. The predicted molar refractivity (Wildman–Crippen MR) is 116 cm³/mol. The summed E-state index contributed by atoms with van der Waals surface area (Å²) in [6, 6.07) is 8.10. The van der Waals surface area contributed by atoms with Gasteiger partial charge in [-0.2, -0.15) is 9.41 Å². The number of methoxy groups -OCH3 is 1. The van der Waals surface area contributed by atoms with Crippen molar-refractivity contribution in [2.45, 2.75) is 23.8 Å². The number of phenolic OH excluding ortho intramolecular Hbond substituents is 1. The van der Waals surface area contributed by atoms with Crippen molar-refractivity contribution >= 4 is 49.7 Å². The third-order valence-electron chi connectivity index (χ3n) is 4.59. The number of hydrogen-bond donors (Lipinski definition) is 2. The molecule has 2 N–H and O–H groups in total. The first-order valence-electron chi connectivity index (χ1n) is 8.91. The third kappa shape index (κ3) is 4.77. The Hall–Kier alpha value is -2.14. The Bertz CT molecular complexity index is 1080. The zero-order valence-corrected chi connectivity index (χ0v) is 19.0. The van der Waals surface area contributed by atoms with E-state index in [-0.39, 0.29) is 22.9 Å². The molecule has 0 unspecified atom stereocenters. The van der Waals surface area contributed by atoms with E-state index < -0.39 is 22.0 Å². The van der Waals surface area contributed by atoms with Gasteiger partial charge in [0.05, 0.1) is 22.7 Å². The monoisotopic (exact) mass is 515 g/mol. The van der Waals surface area contributed by atoms with Gasteiger partial charge < -0.3 is 9.84 Å². The molecule has 8 nitrogen and oxygen atoms in total. The van der Waals surface area contributed by atoms with Crippen LogP contribution in [0.3, 0.4) is 0 Å². The van der Waals surface area contributed by atoms with Gasteiger partial charge in [-0.05, 0) is 70.7 Å². The lowest BCUT2D eigenvalue weighted by atomic mass is 10.2. The van der Waals surface area contributed by atoms with E-state index in [2.05, 4.69) is 26.5 Å². The SMILES string of the molecule is COc1cc(C=NNC(=O)[C@@H]2CCCN2S(=O)(=O)c2ccc(Cl)cc2)cc(Br)c1O. The number of carbonyl (C=O) groups is 1. The number of carbonyl (C=O) groups excluding carboxylic acids is 1. The molecule has 1 aliphatic heterocycles. The van der Waals surface area contributed by atoms with E-state index in [1.54, 1.807) is 12.1 Å².